The maximum atomic E-state index is 16.4. The van der Waals surface area contributed by atoms with Gasteiger partial charge in [-0.2, -0.15) is 15.2 Å². The summed E-state index contributed by atoms with van der Waals surface area (Å²) in [6.45, 7) is 3.16. The smallest absolute Gasteiger partial charge is 0.319 e. The van der Waals surface area contributed by atoms with Crippen molar-refractivity contribution in [3.8, 4) is 23.3 Å². The average Bonchev–Trinajstić information content (AvgIpc) is 3.38. The van der Waals surface area contributed by atoms with E-state index in [0.717, 1.165) is 19.4 Å². The lowest BCUT2D eigenvalue weighted by atomic mass is 10.0. The maximum absolute atomic E-state index is 16.4. The summed E-state index contributed by atoms with van der Waals surface area (Å²) in [6.07, 6.45) is 3.98. The normalized spacial score (nSPS) is 19.8. The van der Waals surface area contributed by atoms with Gasteiger partial charge in [-0.15, -0.1) is 0 Å². The Morgan fingerprint density at radius 2 is 2.08 bits per heavy atom. The van der Waals surface area contributed by atoms with Crippen molar-refractivity contribution in [3.63, 3.8) is 0 Å². The molecule has 2 fully saturated rings. The van der Waals surface area contributed by atoms with Crippen LogP contribution in [0.4, 0.5) is 14.6 Å². The van der Waals surface area contributed by atoms with Gasteiger partial charge < -0.3 is 19.9 Å². The lowest BCUT2D eigenvalue weighted by molar-refractivity contribution is 0.188. The highest BCUT2D eigenvalue weighted by molar-refractivity contribution is 6.36. The van der Waals surface area contributed by atoms with Crippen LogP contribution in [-0.4, -0.2) is 71.8 Å². The Morgan fingerprint density at radius 1 is 1.20 bits per heavy atom. The average molecular weight is 564 g/mol. The number of benzene rings is 2. The number of aromatic nitrogens is 3. The third-order valence-electron chi connectivity index (χ3n) is 7.80. The fraction of sp³-hybridized carbons (Fsp3) is 0.379. The van der Waals surface area contributed by atoms with E-state index in [9.17, 15) is 9.65 Å². The van der Waals surface area contributed by atoms with Gasteiger partial charge in [0, 0.05) is 48.9 Å². The van der Waals surface area contributed by atoms with Crippen LogP contribution in [0.15, 0.2) is 36.5 Å². The maximum Gasteiger partial charge on any atom is 0.319 e. The van der Waals surface area contributed by atoms with Crippen LogP contribution >= 0.6 is 11.6 Å². The summed E-state index contributed by atoms with van der Waals surface area (Å²) in [5.41, 5.74) is 0.442. The first-order valence-corrected chi connectivity index (χ1v) is 13.7. The van der Waals surface area contributed by atoms with Crippen LogP contribution in [0.5, 0.6) is 6.01 Å². The van der Waals surface area contributed by atoms with E-state index in [1.54, 1.807) is 30.5 Å². The predicted molar refractivity (Wildman–Crippen MR) is 151 cm³/mol. The molecular weight excluding hydrogens is 536 g/mol. The number of halogens is 3. The zero-order chi connectivity index (χ0) is 27.8. The van der Waals surface area contributed by atoms with E-state index < -0.39 is 11.6 Å². The van der Waals surface area contributed by atoms with Gasteiger partial charge in [0.2, 0.25) is 0 Å². The first-order chi connectivity index (χ1) is 19.4. The lowest BCUT2D eigenvalue weighted by Gasteiger charge is -2.34. The van der Waals surface area contributed by atoms with Crippen LogP contribution in [0.25, 0.3) is 32.9 Å². The predicted octanol–water partition coefficient (Wildman–Crippen LogP) is 4.94. The molecule has 0 bridgehead atoms. The number of anilines is 1. The largest absolute Gasteiger partial charge is 0.462 e. The summed E-state index contributed by atoms with van der Waals surface area (Å²) in [5, 5.41) is 14.0. The molecule has 11 heteroatoms. The summed E-state index contributed by atoms with van der Waals surface area (Å²) >= 11 is 6.35. The van der Waals surface area contributed by atoms with Crippen molar-refractivity contribution in [1.82, 2.24) is 25.2 Å². The Labute approximate surface area is 235 Å². The number of nitrogens with one attached hydrogen (secondary N) is 1. The minimum atomic E-state index is -0.666. The quantitative estimate of drug-likeness (QED) is 0.353. The molecular formula is C29H28ClF2N7O. The number of hydrogen-bond acceptors (Lipinski definition) is 8. The first-order valence-electron chi connectivity index (χ1n) is 13.4. The van der Waals surface area contributed by atoms with Gasteiger partial charge in [-0.05, 0) is 37.9 Å². The van der Waals surface area contributed by atoms with E-state index in [2.05, 4.69) is 33.3 Å². The second-order valence-electron chi connectivity index (χ2n) is 10.3. The number of piperazine rings is 1. The number of nitrogens with zero attached hydrogens (tertiary/aromatic N) is 6. The highest BCUT2D eigenvalue weighted by Gasteiger charge is 2.27. The summed E-state index contributed by atoms with van der Waals surface area (Å²) in [6, 6.07) is 10.6. The number of hydrogen-bond donors (Lipinski definition) is 1. The molecule has 0 amide bonds. The van der Waals surface area contributed by atoms with Crippen molar-refractivity contribution in [2.45, 2.75) is 31.3 Å². The van der Waals surface area contributed by atoms with Crippen LogP contribution in [0, 0.1) is 23.0 Å². The van der Waals surface area contributed by atoms with Crippen molar-refractivity contribution >= 4 is 39.1 Å². The van der Waals surface area contributed by atoms with Crippen molar-refractivity contribution < 1.29 is 13.5 Å². The second-order valence-corrected chi connectivity index (χ2v) is 10.7. The van der Waals surface area contributed by atoms with Gasteiger partial charge in [0.15, 0.2) is 5.82 Å². The highest BCUT2D eigenvalue weighted by Crippen LogP contribution is 2.38. The van der Waals surface area contributed by atoms with E-state index in [1.807, 2.05) is 4.90 Å². The second kappa shape index (κ2) is 11.1. The molecule has 2 saturated heterocycles. The van der Waals surface area contributed by atoms with Crippen LogP contribution < -0.4 is 15.0 Å². The zero-order valence-electron chi connectivity index (χ0n) is 22.0. The number of ether oxygens (including phenoxy) is 1. The van der Waals surface area contributed by atoms with Gasteiger partial charge in [0.1, 0.15) is 29.5 Å². The Balaban J connectivity index is 1.48. The Morgan fingerprint density at radius 3 is 2.88 bits per heavy atom. The topological polar surface area (TPSA) is 90.2 Å². The molecule has 4 heterocycles. The number of nitriles is 1. The van der Waals surface area contributed by atoms with Crippen LogP contribution in [-0.2, 0) is 0 Å². The molecule has 0 spiro atoms. The van der Waals surface area contributed by atoms with E-state index in [-0.39, 0.29) is 34.3 Å². The third-order valence-corrected chi connectivity index (χ3v) is 8.17. The van der Waals surface area contributed by atoms with Crippen LogP contribution in [0.1, 0.15) is 19.3 Å². The molecule has 2 aliphatic rings. The molecule has 0 radical (unpaired) electrons. The van der Waals surface area contributed by atoms with Crippen molar-refractivity contribution in [2.75, 3.05) is 44.7 Å². The number of likely N-dealkylation sites (N-methyl/N-ethyl adjacent to an activating group) is 1. The number of likely N-dealkylation sites (tertiary alicyclic amines) is 1. The molecule has 8 nitrogen and oxygen atoms in total. The third kappa shape index (κ3) is 4.89. The van der Waals surface area contributed by atoms with Crippen molar-refractivity contribution in [3.05, 3.63) is 53.2 Å². The standard InChI is InChI=1S/C29H28ClF2N7O/c1-38-12-3-5-19(38)16-40-29-36-27-21(28(37-29)39-13-11-34-18(15-39)9-10-33)14-35-26(25(27)32)20-6-2-4-17-7-8-22(31)24(30)23(17)20/h2,4,6-8,14,18-19,34H,3,5,9,11-13,15-16H2,1H3. The fourth-order valence-electron chi connectivity index (χ4n) is 5.65. The van der Waals surface area contributed by atoms with Crippen molar-refractivity contribution in [1.29, 1.82) is 5.26 Å². The molecule has 2 aromatic heterocycles. The first kappa shape index (κ1) is 26.6. The number of pyridine rings is 1. The Hall–Kier alpha value is -3.65. The minimum absolute atomic E-state index is 0.0133. The van der Waals surface area contributed by atoms with Gasteiger partial charge in [0.05, 0.1) is 22.9 Å². The van der Waals surface area contributed by atoms with Crippen LogP contribution in [0.3, 0.4) is 0 Å². The molecule has 0 aliphatic carbocycles. The monoisotopic (exact) mass is 563 g/mol. The Kier molecular flexibility index (Phi) is 7.36. The van der Waals surface area contributed by atoms with E-state index in [0.29, 0.717) is 60.2 Å². The summed E-state index contributed by atoms with van der Waals surface area (Å²) in [7, 11) is 2.06. The molecule has 40 heavy (non-hydrogen) atoms. The lowest BCUT2D eigenvalue weighted by Crippen LogP contribution is -2.51. The number of rotatable bonds is 6. The van der Waals surface area contributed by atoms with Crippen molar-refractivity contribution in [2.24, 2.45) is 0 Å². The molecule has 4 aromatic rings. The van der Waals surface area contributed by atoms with Crippen LogP contribution in [0.2, 0.25) is 5.02 Å². The van der Waals surface area contributed by atoms with Gasteiger partial charge in [0.25, 0.3) is 0 Å². The molecule has 2 aliphatic heterocycles. The van der Waals surface area contributed by atoms with Gasteiger partial charge in [-0.3, -0.25) is 4.98 Å². The molecule has 6 rings (SSSR count). The molecule has 206 valence electrons. The number of fused-ring (bicyclic) bond motifs is 2. The highest BCUT2D eigenvalue weighted by atomic mass is 35.5. The van der Waals surface area contributed by atoms with Gasteiger partial charge in [-0.1, -0.05) is 35.9 Å². The summed E-state index contributed by atoms with van der Waals surface area (Å²) < 4.78 is 36.9. The van der Waals surface area contributed by atoms with Gasteiger partial charge >= 0.3 is 6.01 Å². The molecule has 2 unspecified atom stereocenters. The molecule has 0 saturated carbocycles. The fourth-order valence-corrected chi connectivity index (χ4v) is 5.92. The summed E-state index contributed by atoms with van der Waals surface area (Å²) in [4.78, 5) is 17.9. The van der Waals surface area contributed by atoms with E-state index >= 15 is 4.39 Å². The molecule has 1 N–H and O–H groups in total. The molecule has 2 atom stereocenters. The minimum Gasteiger partial charge on any atom is -0.462 e. The summed E-state index contributed by atoms with van der Waals surface area (Å²) in [5.74, 6) is -0.754. The van der Waals surface area contributed by atoms with E-state index in [4.69, 9.17) is 21.3 Å². The zero-order valence-corrected chi connectivity index (χ0v) is 22.8. The SMILES string of the molecule is CN1CCCC1COc1nc(N2CCNC(CC#N)C2)c2cnc(-c3cccc4ccc(F)c(Cl)c34)c(F)c2n1. The van der Waals surface area contributed by atoms with E-state index in [1.165, 1.54) is 6.07 Å². The molecule has 2 aromatic carbocycles. The Bertz CT molecular complexity index is 1630. The van der Waals surface area contributed by atoms with Gasteiger partial charge in [-0.25, -0.2) is 8.78 Å².